The number of fused-ring (bicyclic) bond motifs is 3. The summed E-state index contributed by atoms with van der Waals surface area (Å²) in [6, 6.07) is 9.62. The fraction of sp³-hybridized carbons (Fsp3) is 0.385. The van der Waals surface area contributed by atoms with Crippen molar-refractivity contribution in [1.29, 1.82) is 0 Å². The first kappa shape index (κ1) is 25.1. The Hall–Kier alpha value is -2.93. The molecule has 1 aromatic heterocycles. The van der Waals surface area contributed by atoms with Crippen molar-refractivity contribution in [2.45, 2.75) is 29.1 Å². The number of aromatic nitrogens is 2. The number of nitrogens with one attached hydrogen (secondary N) is 1. The van der Waals surface area contributed by atoms with Gasteiger partial charge >= 0.3 is 10.2 Å². The lowest BCUT2D eigenvalue weighted by Crippen LogP contribution is -2.30. The number of rotatable bonds is 5. The van der Waals surface area contributed by atoms with Gasteiger partial charge in [0, 0.05) is 61.6 Å². The molecule has 0 bridgehead atoms. The maximum absolute atomic E-state index is 13.4. The molecule has 3 unspecified atom stereocenters. The van der Waals surface area contributed by atoms with Gasteiger partial charge in [0.25, 0.3) is 0 Å². The second kappa shape index (κ2) is 7.84. The Labute approximate surface area is 224 Å². The molecule has 39 heavy (non-hydrogen) atoms. The van der Waals surface area contributed by atoms with E-state index in [4.69, 9.17) is 0 Å². The quantitative estimate of drug-likeness (QED) is 0.361. The van der Waals surface area contributed by atoms with Gasteiger partial charge in [0.15, 0.2) is 5.82 Å². The van der Waals surface area contributed by atoms with E-state index in [1.807, 2.05) is 0 Å². The Morgan fingerprint density at radius 2 is 1.56 bits per heavy atom. The monoisotopic (exact) mass is 583 g/mol. The maximum Gasteiger partial charge on any atom is 0.310 e. The zero-order valence-corrected chi connectivity index (χ0v) is 22.4. The van der Waals surface area contributed by atoms with Crippen molar-refractivity contribution in [3.63, 3.8) is 0 Å². The highest BCUT2D eigenvalue weighted by atomic mass is 32.5. The van der Waals surface area contributed by atoms with Crippen LogP contribution in [-0.4, -0.2) is 46.1 Å². The molecule has 4 aliphatic rings. The van der Waals surface area contributed by atoms with Crippen LogP contribution in [-0.2, 0) is 30.1 Å². The summed E-state index contributed by atoms with van der Waals surface area (Å²) >= 11 is 0. The van der Waals surface area contributed by atoms with Crippen molar-refractivity contribution >= 4 is 44.2 Å². The molecule has 0 spiro atoms. The lowest BCUT2D eigenvalue weighted by Gasteiger charge is -2.40. The molecule has 3 aliphatic heterocycles. The normalized spacial score (nSPS) is 25.4. The largest absolute Gasteiger partial charge is 0.371 e. The molecule has 2 fully saturated rings. The number of halogens is 5. The molecule has 4 heterocycles. The minimum absolute atomic E-state index is 0.103. The molecule has 13 heteroatoms. The Bertz CT molecular complexity index is 1540. The first-order chi connectivity index (χ1) is 18.3. The van der Waals surface area contributed by atoms with Gasteiger partial charge in [0.05, 0.1) is 16.5 Å². The summed E-state index contributed by atoms with van der Waals surface area (Å²) in [7, 11) is -11.3. The van der Waals surface area contributed by atoms with Crippen molar-refractivity contribution < 1.29 is 23.6 Å². The van der Waals surface area contributed by atoms with Crippen LogP contribution in [0.1, 0.15) is 16.8 Å². The van der Waals surface area contributed by atoms with Crippen LogP contribution in [0, 0.1) is 11.8 Å². The highest BCUT2D eigenvalue weighted by Crippen LogP contribution is 3.02. The molecular formula is C26H26F5N5OS2. The number of hydrogen-bond donors (Lipinski definition) is 1. The van der Waals surface area contributed by atoms with Crippen LogP contribution in [0.15, 0.2) is 52.3 Å². The molecule has 7 rings (SSSR count). The Balaban J connectivity index is 1.14. The van der Waals surface area contributed by atoms with E-state index in [0.29, 0.717) is 52.7 Å². The zero-order chi connectivity index (χ0) is 27.2. The summed E-state index contributed by atoms with van der Waals surface area (Å²) in [6.07, 6.45) is 2.74. The average Bonchev–Trinajstić information content (AvgIpc) is 3.52. The molecular weight excluding hydrogens is 557 g/mol. The topological polar surface area (TPSA) is 61.4 Å². The van der Waals surface area contributed by atoms with Gasteiger partial charge in [0.2, 0.25) is 5.95 Å². The standard InChI is InChI=1S/C26H26F5N5OS2/c27-39(28,29,30,31)22-3-1-2-20(11-22)32-25-24-23(8-9-38(24)37)33-26(34-25)36-14-18-12-35(13-19(18)15-36)21-7-6-16-4-5-17(16)10-21/h1-3,6-7,10-11,18-19H,4-5,8-9,12-15H2,(H,32,33,34). The van der Waals surface area contributed by atoms with Gasteiger partial charge in [-0.05, 0) is 54.3 Å². The molecule has 1 N–H and O–H groups in total. The van der Waals surface area contributed by atoms with Crippen LogP contribution in [0.4, 0.5) is 42.6 Å². The minimum Gasteiger partial charge on any atom is -0.371 e. The van der Waals surface area contributed by atoms with Gasteiger partial charge in [0.1, 0.15) is 9.79 Å². The third kappa shape index (κ3) is 4.52. The molecule has 0 saturated carbocycles. The van der Waals surface area contributed by atoms with E-state index < -0.39 is 25.9 Å². The van der Waals surface area contributed by atoms with Crippen molar-refractivity contribution in [1.82, 2.24) is 9.97 Å². The predicted octanol–water partition coefficient (Wildman–Crippen LogP) is 6.21. The van der Waals surface area contributed by atoms with Crippen LogP contribution in [0.3, 0.4) is 0 Å². The molecule has 208 valence electrons. The number of aryl methyl sites for hydroxylation is 3. The van der Waals surface area contributed by atoms with E-state index in [1.54, 1.807) is 0 Å². The van der Waals surface area contributed by atoms with Crippen molar-refractivity contribution in [2.75, 3.05) is 47.0 Å². The summed E-state index contributed by atoms with van der Waals surface area (Å²) in [4.78, 5) is 12.1. The summed E-state index contributed by atoms with van der Waals surface area (Å²) in [5.41, 5.74) is 4.49. The Morgan fingerprint density at radius 3 is 2.23 bits per heavy atom. The van der Waals surface area contributed by atoms with Crippen LogP contribution >= 0.6 is 10.2 Å². The first-order valence-electron chi connectivity index (χ1n) is 12.8. The van der Waals surface area contributed by atoms with Crippen LogP contribution in [0.5, 0.6) is 0 Å². The van der Waals surface area contributed by atoms with Crippen LogP contribution in [0.2, 0.25) is 0 Å². The van der Waals surface area contributed by atoms with E-state index in [-0.39, 0.29) is 11.5 Å². The summed E-state index contributed by atoms with van der Waals surface area (Å²) in [5, 5.41) is 2.75. The van der Waals surface area contributed by atoms with Gasteiger partial charge in [-0.15, -0.1) is 0 Å². The van der Waals surface area contributed by atoms with E-state index >= 15 is 0 Å². The third-order valence-corrected chi connectivity index (χ3v) is 10.8. The van der Waals surface area contributed by atoms with Crippen molar-refractivity contribution in [3.05, 3.63) is 59.3 Å². The number of hydrogen-bond acceptors (Lipinski definition) is 6. The van der Waals surface area contributed by atoms with Crippen molar-refractivity contribution in [2.24, 2.45) is 11.8 Å². The molecule has 3 atom stereocenters. The van der Waals surface area contributed by atoms with Gasteiger partial charge in [-0.2, -0.15) is 4.98 Å². The summed E-state index contributed by atoms with van der Waals surface area (Å²) in [5.74, 6) is 1.67. The average molecular weight is 584 g/mol. The van der Waals surface area contributed by atoms with Gasteiger partial charge in [-0.25, -0.2) is 4.98 Å². The SMILES string of the molecule is O=S1CCc2nc(N3CC4CN(c5ccc6c(c5)CC6)CC4C3)nc(Nc3cccc(S(F)(F)(F)(F)F)c3)c21. The van der Waals surface area contributed by atoms with Crippen LogP contribution in [0.25, 0.3) is 0 Å². The third-order valence-electron chi connectivity index (χ3n) is 8.21. The van der Waals surface area contributed by atoms with E-state index in [1.165, 1.54) is 22.9 Å². The Morgan fingerprint density at radius 1 is 0.846 bits per heavy atom. The summed E-state index contributed by atoms with van der Waals surface area (Å²) < 4.78 is 79.7. The lowest BCUT2D eigenvalue weighted by atomic mass is 9.88. The smallest absolute Gasteiger partial charge is 0.310 e. The molecule has 2 aromatic carbocycles. The first-order valence-corrected chi connectivity index (χ1v) is 16.1. The zero-order valence-electron chi connectivity index (χ0n) is 20.8. The van der Waals surface area contributed by atoms with Gasteiger partial charge in [-0.1, -0.05) is 31.6 Å². The number of benzene rings is 2. The fourth-order valence-electron chi connectivity index (χ4n) is 6.11. The highest BCUT2D eigenvalue weighted by Gasteiger charge is 2.65. The second-order valence-electron chi connectivity index (χ2n) is 10.9. The molecule has 3 aromatic rings. The van der Waals surface area contributed by atoms with E-state index in [0.717, 1.165) is 45.1 Å². The predicted molar refractivity (Wildman–Crippen MR) is 143 cm³/mol. The molecule has 2 saturated heterocycles. The Kier molecular flexibility index (Phi) is 5.04. The van der Waals surface area contributed by atoms with Crippen molar-refractivity contribution in [3.8, 4) is 0 Å². The maximum atomic E-state index is 13.4. The second-order valence-corrected chi connectivity index (χ2v) is 14.8. The van der Waals surface area contributed by atoms with E-state index in [9.17, 15) is 23.6 Å². The summed E-state index contributed by atoms with van der Waals surface area (Å²) in [6.45, 7) is 3.29. The van der Waals surface area contributed by atoms with Crippen LogP contribution < -0.4 is 15.1 Å². The fourth-order valence-corrected chi connectivity index (χ4v) is 8.10. The number of nitrogens with zero attached hydrogens (tertiary/aromatic N) is 4. The minimum atomic E-state index is -9.86. The number of anilines is 4. The van der Waals surface area contributed by atoms with Gasteiger partial charge < -0.3 is 15.1 Å². The van der Waals surface area contributed by atoms with E-state index in [2.05, 4.69) is 43.3 Å². The lowest BCUT2D eigenvalue weighted by molar-refractivity contribution is 0.364. The molecule has 1 aliphatic carbocycles. The van der Waals surface area contributed by atoms with Gasteiger partial charge in [-0.3, -0.25) is 4.21 Å². The molecule has 0 radical (unpaired) electrons. The molecule has 0 amide bonds. The molecule has 6 nitrogen and oxygen atoms in total. The highest BCUT2D eigenvalue weighted by molar-refractivity contribution is 8.45.